The number of aliphatic hydroxyl groups excluding tert-OH is 2. The summed E-state index contributed by atoms with van der Waals surface area (Å²) in [7, 11) is 0.236. The lowest BCUT2D eigenvalue weighted by Gasteiger charge is -2.35. The first-order valence-electron chi connectivity index (χ1n) is 10.0. The van der Waals surface area contributed by atoms with Crippen molar-refractivity contribution in [1.82, 2.24) is 4.90 Å². The molecule has 0 fully saturated rings. The van der Waals surface area contributed by atoms with Crippen LogP contribution in [0.2, 0.25) is 0 Å². The van der Waals surface area contributed by atoms with Crippen LogP contribution in [-0.4, -0.2) is 64.8 Å². The lowest BCUT2D eigenvalue weighted by atomic mass is 9.69. The molecule has 0 bridgehead atoms. The Labute approximate surface area is 201 Å². The quantitative estimate of drug-likeness (QED) is 0.339. The normalized spacial score (nSPS) is 29.9. The second-order valence-corrected chi connectivity index (χ2v) is 12.8. The van der Waals surface area contributed by atoms with Crippen molar-refractivity contribution < 1.29 is 33.3 Å². The second kappa shape index (κ2) is 8.51. The third kappa shape index (κ3) is 3.93. The van der Waals surface area contributed by atoms with E-state index in [2.05, 4.69) is 4.90 Å². The van der Waals surface area contributed by atoms with Gasteiger partial charge >= 0.3 is 7.60 Å². The second-order valence-electron chi connectivity index (χ2n) is 8.29. The van der Waals surface area contributed by atoms with Gasteiger partial charge in [-0.3, -0.25) is 0 Å². The number of nitrogens with zero attached hydrogens (tertiary/aromatic N) is 1. The molecule has 0 amide bonds. The fourth-order valence-electron chi connectivity index (χ4n) is 4.69. The molecule has 0 saturated heterocycles. The molecule has 2 N–H and O–H groups in total. The highest BCUT2D eigenvalue weighted by Gasteiger charge is 2.54. The van der Waals surface area contributed by atoms with Gasteiger partial charge in [0.25, 0.3) is 0 Å². The van der Waals surface area contributed by atoms with Crippen molar-refractivity contribution >= 4 is 42.4 Å². The molecule has 2 aliphatic heterocycles. The molecule has 1 aromatic carbocycles. The Bertz CT molecular complexity index is 985. The van der Waals surface area contributed by atoms with Crippen LogP contribution in [0, 0.1) is 0 Å². The maximum Gasteiger partial charge on any atom is 0.411 e. The molecule has 0 saturated carbocycles. The largest absolute Gasteiger partial charge is 0.493 e. The fraction of sp³-hybridized carbons (Fsp3) is 0.600. The molecule has 12 heteroatoms. The molecule has 1 aromatic rings. The Morgan fingerprint density at radius 3 is 2.69 bits per heavy atom. The molecule has 4 rings (SSSR count). The molecule has 32 heavy (non-hydrogen) atoms. The average Bonchev–Trinajstić information content (AvgIpc) is 2.98. The highest BCUT2D eigenvalue weighted by molar-refractivity contribution is 7.55. The summed E-state index contributed by atoms with van der Waals surface area (Å²) in [6, 6.07) is 1.54. The van der Waals surface area contributed by atoms with E-state index < -0.39 is 28.8 Å². The Morgan fingerprint density at radius 1 is 1.34 bits per heavy atom. The fourth-order valence-corrected chi connectivity index (χ4v) is 6.94. The predicted octanol–water partition coefficient (Wildman–Crippen LogP) is 3.76. The zero-order valence-electron chi connectivity index (χ0n) is 17.8. The van der Waals surface area contributed by atoms with Crippen molar-refractivity contribution in [3.63, 3.8) is 0 Å². The van der Waals surface area contributed by atoms with Gasteiger partial charge in [0.2, 0.25) is 9.64 Å². The number of methoxy groups -OCH3 is 1. The summed E-state index contributed by atoms with van der Waals surface area (Å²) in [5.41, 5.74) is 1.03. The third-order valence-electron chi connectivity index (χ3n) is 6.31. The number of rotatable bonds is 5. The van der Waals surface area contributed by atoms with E-state index in [0.29, 0.717) is 30.0 Å². The number of alkyl halides is 3. The Kier molecular flexibility index (Phi) is 6.49. The first-order valence-corrected chi connectivity index (χ1v) is 12.8. The first-order chi connectivity index (χ1) is 14.9. The standard InChI is InChI=1S/C20H25Cl3NO7P/c1-24-7-6-19-5-4-11(25)8-15(19)30-17-14(28-2)9-13(12(10-24)16(17)19)31-32(27,29-3)18(26)20(21,22)23/h4-5,9,11,15,18,25-26H,6-8,10H2,1-3H3/t11-,15-,18?,19-,32?/m0/s1. The van der Waals surface area contributed by atoms with E-state index in [-0.39, 0.29) is 11.9 Å². The van der Waals surface area contributed by atoms with E-state index in [1.165, 1.54) is 13.2 Å². The zero-order chi connectivity index (χ0) is 23.5. The van der Waals surface area contributed by atoms with Crippen LogP contribution in [0.4, 0.5) is 0 Å². The summed E-state index contributed by atoms with van der Waals surface area (Å²) < 4.78 is 33.8. The van der Waals surface area contributed by atoms with Gasteiger partial charge < -0.3 is 33.6 Å². The smallest absolute Gasteiger partial charge is 0.411 e. The molecule has 178 valence electrons. The summed E-state index contributed by atoms with van der Waals surface area (Å²) in [5, 5.41) is 20.6. The van der Waals surface area contributed by atoms with Crippen molar-refractivity contribution in [3.8, 4) is 17.2 Å². The van der Waals surface area contributed by atoms with Gasteiger partial charge in [-0.25, -0.2) is 4.57 Å². The molecule has 0 radical (unpaired) electrons. The number of hydrogen-bond donors (Lipinski definition) is 2. The Morgan fingerprint density at radius 2 is 2.06 bits per heavy atom. The minimum Gasteiger partial charge on any atom is -0.493 e. The highest BCUT2D eigenvalue weighted by atomic mass is 35.6. The van der Waals surface area contributed by atoms with Crippen LogP contribution in [0.5, 0.6) is 17.2 Å². The van der Waals surface area contributed by atoms with Crippen LogP contribution in [-0.2, 0) is 21.0 Å². The van der Waals surface area contributed by atoms with Gasteiger partial charge in [-0.1, -0.05) is 47.0 Å². The first kappa shape index (κ1) is 24.4. The van der Waals surface area contributed by atoms with E-state index in [1.807, 2.05) is 13.1 Å². The maximum absolute atomic E-state index is 13.4. The number of benzene rings is 1. The molecule has 0 aromatic heterocycles. The molecular weight excluding hydrogens is 504 g/mol. The summed E-state index contributed by atoms with van der Waals surface area (Å²) in [4.78, 5) is 2.10. The molecule has 1 spiro atoms. The molecule has 5 atom stereocenters. The molecule has 8 nitrogen and oxygen atoms in total. The van der Waals surface area contributed by atoms with Gasteiger partial charge in [0.15, 0.2) is 11.5 Å². The van der Waals surface area contributed by atoms with E-state index in [4.69, 9.17) is 53.3 Å². The molecule has 2 unspecified atom stereocenters. The van der Waals surface area contributed by atoms with Gasteiger partial charge in [-0.05, 0) is 20.0 Å². The predicted molar refractivity (Wildman–Crippen MR) is 121 cm³/mol. The van der Waals surface area contributed by atoms with Crippen molar-refractivity contribution in [2.24, 2.45) is 0 Å². The maximum atomic E-state index is 13.4. The summed E-state index contributed by atoms with van der Waals surface area (Å²) >= 11 is 17.4. The topological polar surface area (TPSA) is 97.7 Å². The van der Waals surface area contributed by atoms with Crippen LogP contribution in [0.1, 0.15) is 24.0 Å². The van der Waals surface area contributed by atoms with Gasteiger partial charge in [0, 0.05) is 37.3 Å². The van der Waals surface area contributed by atoms with Crippen molar-refractivity contribution in [2.75, 3.05) is 27.8 Å². The highest BCUT2D eigenvalue weighted by Crippen LogP contribution is 2.62. The van der Waals surface area contributed by atoms with Crippen molar-refractivity contribution in [1.29, 1.82) is 0 Å². The lowest BCUT2D eigenvalue weighted by molar-refractivity contribution is 0.0821. The van der Waals surface area contributed by atoms with Crippen molar-refractivity contribution in [3.05, 3.63) is 29.3 Å². The molecular formula is C20H25Cl3NO7P. The summed E-state index contributed by atoms with van der Waals surface area (Å²) in [6.07, 6.45) is 4.01. The number of aliphatic hydroxyl groups is 2. The van der Waals surface area contributed by atoms with E-state index in [9.17, 15) is 14.8 Å². The van der Waals surface area contributed by atoms with Crippen LogP contribution in [0.25, 0.3) is 0 Å². The zero-order valence-corrected chi connectivity index (χ0v) is 20.9. The third-order valence-corrected chi connectivity index (χ3v) is 9.33. The Balaban J connectivity index is 1.91. The summed E-state index contributed by atoms with van der Waals surface area (Å²) in [5.74, 6) is -0.923. The molecule has 1 aliphatic carbocycles. The van der Waals surface area contributed by atoms with Crippen LogP contribution in [0.3, 0.4) is 0 Å². The van der Waals surface area contributed by atoms with Gasteiger partial charge in [-0.15, -0.1) is 0 Å². The lowest BCUT2D eigenvalue weighted by Crippen LogP contribution is -2.42. The van der Waals surface area contributed by atoms with Gasteiger partial charge in [0.1, 0.15) is 11.9 Å². The number of ether oxygens (including phenoxy) is 2. The van der Waals surface area contributed by atoms with Gasteiger partial charge in [-0.2, -0.15) is 0 Å². The Hall–Kier alpha value is -0.700. The number of halogens is 3. The monoisotopic (exact) mass is 527 g/mol. The van der Waals surface area contributed by atoms with Crippen LogP contribution in [0.15, 0.2) is 18.2 Å². The SMILES string of the molecule is COc1cc(OP(=O)(OC)C(O)C(Cl)(Cl)Cl)c2c3c1O[C@H]1C[C@@H](O)C=C[C@@]31CCN(C)C2. The number of hydrogen-bond acceptors (Lipinski definition) is 8. The average molecular weight is 529 g/mol. The minimum absolute atomic E-state index is 0.177. The van der Waals surface area contributed by atoms with E-state index in [1.54, 1.807) is 6.08 Å². The van der Waals surface area contributed by atoms with Crippen LogP contribution >= 0.6 is 42.4 Å². The minimum atomic E-state index is -4.32. The summed E-state index contributed by atoms with van der Waals surface area (Å²) in [6.45, 7) is 1.19. The van der Waals surface area contributed by atoms with Crippen LogP contribution < -0.4 is 14.0 Å². The molecule has 3 aliphatic rings. The van der Waals surface area contributed by atoms with Crippen molar-refractivity contribution in [2.45, 2.75) is 46.6 Å². The van der Waals surface area contributed by atoms with Gasteiger partial charge in [0.05, 0.1) is 18.6 Å². The molecule has 2 heterocycles. The van der Waals surface area contributed by atoms with E-state index in [0.717, 1.165) is 25.6 Å². The van der Waals surface area contributed by atoms with E-state index >= 15 is 0 Å².